The summed E-state index contributed by atoms with van der Waals surface area (Å²) in [5, 5.41) is 17.4. The molecule has 62 heavy (non-hydrogen) atoms. The van der Waals surface area contributed by atoms with E-state index >= 15 is 0 Å². The molecular weight excluding hydrogens is 800 g/mol. The van der Waals surface area contributed by atoms with Gasteiger partial charge in [-0.2, -0.15) is 10.2 Å². The first-order valence-corrected chi connectivity index (χ1v) is 20.2. The highest BCUT2D eigenvalue weighted by Gasteiger charge is 2.14. The molecule has 8 aromatic rings. The minimum Gasteiger partial charge on any atom is -0.494 e. The van der Waals surface area contributed by atoms with Gasteiger partial charge in [0.05, 0.1) is 42.0 Å². The molecule has 0 saturated carbocycles. The van der Waals surface area contributed by atoms with Crippen LogP contribution in [-0.2, 0) is 13.1 Å². The number of pyridine rings is 2. The van der Waals surface area contributed by atoms with Gasteiger partial charge in [0.1, 0.15) is 11.5 Å². The number of hydrogen-bond acceptors (Lipinski definition) is 8. The molecule has 0 bridgehead atoms. The van der Waals surface area contributed by atoms with E-state index < -0.39 is 0 Å². The topological polar surface area (TPSA) is 158 Å². The number of halogens is 1. The average molecular weight is 853 g/mol. The number of nitrogens with two attached hydrogens (primary N) is 1. The van der Waals surface area contributed by atoms with Crippen LogP contribution in [0.25, 0.3) is 33.6 Å². The van der Waals surface area contributed by atoms with Crippen LogP contribution >= 0.6 is 11.6 Å². The first kappa shape index (κ1) is 45.9. The molecule has 0 aliphatic rings. The summed E-state index contributed by atoms with van der Waals surface area (Å²) < 4.78 is 14.3. The van der Waals surface area contributed by atoms with Crippen molar-refractivity contribution in [2.24, 2.45) is 5.73 Å². The molecule has 12 nitrogen and oxygen atoms in total. The number of H-pyrrole nitrogens is 2. The summed E-state index contributed by atoms with van der Waals surface area (Å²) in [5.74, 6) is 1.58. The van der Waals surface area contributed by atoms with Gasteiger partial charge in [-0.3, -0.25) is 28.9 Å². The van der Waals surface area contributed by atoms with Gasteiger partial charge in [-0.25, -0.2) is 0 Å². The van der Waals surface area contributed by atoms with Crippen LogP contribution in [-0.4, -0.2) is 42.7 Å². The number of ether oxygens (including phenoxy) is 2. The third kappa shape index (κ3) is 11.8. The Morgan fingerprint density at radius 1 is 0.661 bits per heavy atom. The van der Waals surface area contributed by atoms with Crippen molar-refractivity contribution in [3.8, 4) is 45.1 Å². The van der Waals surface area contributed by atoms with Gasteiger partial charge in [0.2, 0.25) is 0 Å². The summed E-state index contributed by atoms with van der Waals surface area (Å²) in [4.78, 5) is 25.4. The van der Waals surface area contributed by atoms with Gasteiger partial charge in [-0.05, 0) is 86.3 Å². The van der Waals surface area contributed by atoms with E-state index in [1.165, 1.54) is 11.6 Å². The molecule has 0 spiro atoms. The Morgan fingerprint density at radius 2 is 1.15 bits per heavy atom. The molecule has 320 valence electrons. The number of rotatable bonds is 12. The van der Waals surface area contributed by atoms with Gasteiger partial charge >= 0.3 is 0 Å². The molecular formula is C49H53ClN8O4. The van der Waals surface area contributed by atoms with E-state index in [1.54, 1.807) is 40.0 Å². The minimum atomic E-state index is -0.186. The van der Waals surface area contributed by atoms with Crippen molar-refractivity contribution in [2.45, 2.75) is 48.2 Å². The Bertz CT molecular complexity index is 2730. The Hall–Kier alpha value is -7.15. The van der Waals surface area contributed by atoms with Gasteiger partial charge in [0, 0.05) is 78.0 Å². The first-order chi connectivity index (χ1) is 29.7. The molecule has 13 heteroatoms. The fourth-order valence-electron chi connectivity index (χ4n) is 6.52. The molecule has 0 unspecified atom stereocenters. The van der Waals surface area contributed by atoms with Gasteiger partial charge in [0.25, 0.3) is 11.1 Å². The quantitative estimate of drug-likeness (QED) is 0.0946. The van der Waals surface area contributed by atoms with E-state index in [9.17, 15) is 9.59 Å². The predicted octanol–water partition coefficient (Wildman–Crippen LogP) is 9.92. The van der Waals surface area contributed by atoms with Crippen LogP contribution in [0.3, 0.4) is 0 Å². The maximum Gasteiger partial charge on any atom is 0.257 e. The van der Waals surface area contributed by atoms with Crippen molar-refractivity contribution in [1.29, 1.82) is 0 Å². The van der Waals surface area contributed by atoms with Crippen molar-refractivity contribution in [3.05, 3.63) is 194 Å². The molecule has 0 radical (unpaired) electrons. The summed E-state index contributed by atoms with van der Waals surface area (Å²) in [6.45, 7) is 10.3. The molecule has 0 amide bonds. The van der Waals surface area contributed by atoms with Crippen molar-refractivity contribution >= 4 is 17.3 Å². The molecule has 4 aromatic carbocycles. The minimum absolute atomic E-state index is 0. The summed E-state index contributed by atoms with van der Waals surface area (Å²) >= 11 is 6.21. The number of aromatic nitrogens is 6. The van der Waals surface area contributed by atoms with E-state index in [1.807, 2.05) is 125 Å². The van der Waals surface area contributed by atoms with Crippen LogP contribution in [0.5, 0.6) is 11.5 Å². The monoisotopic (exact) mass is 852 g/mol. The zero-order chi connectivity index (χ0) is 43.1. The standard InChI is InChI=1S/C24H24N4O2.C17H16ClN3O2.C7H9N.CH4/c1-3-30-20-9-10-23(17(2)11-20)28-16-21(19-14-26-27-15-19)22(12-24(28)29)25-13-18-7-5-4-6-8-18;1-3-23-13-4-5-16(11(2)6-13)21-10-14(12-8-19-20-9-12)15(18)7-17(21)22;8-6-7-4-2-1-3-5-7;/h4-12,14-16,25H,3,13H2,1-2H3,(H,26,27);4-10H,3H2,1-2H3,(H,19,20);1-5H,6,8H2;1H4. The molecule has 0 saturated heterocycles. The largest absolute Gasteiger partial charge is 0.494 e. The highest BCUT2D eigenvalue weighted by molar-refractivity contribution is 6.33. The van der Waals surface area contributed by atoms with Crippen molar-refractivity contribution in [1.82, 2.24) is 29.5 Å². The molecule has 0 atom stereocenters. The number of benzene rings is 4. The summed E-state index contributed by atoms with van der Waals surface area (Å²) in [6.07, 6.45) is 10.6. The van der Waals surface area contributed by atoms with Crippen molar-refractivity contribution in [2.75, 3.05) is 18.5 Å². The van der Waals surface area contributed by atoms with E-state index in [4.69, 9.17) is 26.8 Å². The van der Waals surface area contributed by atoms with E-state index in [0.29, 0.717) is 31.3 Å². The molecule has 0 fully saturated rings. The lowest BCUT2D eigenvalue weighted by atomic mass is 10.1. The van der Waals surface area contributed by atoms with E-state index in [2.05, 4.69) is 37.8 Å². The highest BCUT2D eigenvalue weighted by Crippen LogP contribution is 2.30. The molecule has 4 heterocycles. The Labute approximate surface area is 367 Å². The molecule has 0 aliphatic carbocycles. The lowest BCUT2D eigenvalue weighted by molar-refractivity contribution is 0.340. The van der Waals surface area contributed by atoms with Crippen molar-refractivity contribution < 1.29 is 9.47 Å². The van der Waals surface area contributed by atoms with Gasteiger partial charge < -0.3 is 20.5 Å². The summed E-state index contributed by atoms with van der Waals surface area (Å²) in [7, 11) is 0. The normalized spacial score (nSPS) is 10.4. The van der Waals surface area contributed by atoms with E-state index in [-0.39, 0.29) is 18.5 Å². The SMILES string of the molecule is C.CCOc1ccc(-n2cc(-c3cn[nH]c3)c(Cl)cc2=O)c(C)c1.CCOc1ccc(-n2cc(-c3cn[nH]c3)c(NCc3ccccc3)cc2=O)c(C)c1.NCc1ccccc1. The molecule has 5 N–H and O–H groups in total. The summed E-state index contributed by atoms with van der Waals surface area (Å²) in [6, 6.07) is 34.5. The first-order valence-electron chi connectivity index (χ1n) is 19.9. The van der Waals surface area contributed by atoms with Crippen LogP contribution in [0.4, 0.5) is 5.69 Å². The fraction of sp³-hybridized carbons (Fsp3) is 0.184. The van der Waals surface area contributed by atoms with E-state index in [0.717, 1.165) is 67.5 Å². The van der Waals surface area contributed by atoms with Crippen molar-refractivity contribution in [3.63, 3.8) is 0 Å². The Kier molecular flexibility index (Phi) is 16.6. The second kappa shape index (κ2) is 22.5. The second-order valence-electron chi connectivity index (χ2n) is 13.8. The fourth-order valence-corrected chi connectivity index (χ4v) is 6.77. The smallest absolute Gasteiger partial charge is 0.257 e. The maximum atomic E-state index is 13.0. The third-order valence-electron chi connectivity index (χ3n) is 9.56. The lowest BCUT2D eigenvalue weighted by Gasteiger charge is -2.16. The molecule has 4 aromatic heterocycles. The number of nitrogens with zero attached hydrogens (tertiary/aromatic N) is 4. The lowest BCUT2D eigenvalue weighted by Crippen LogP contribution is -2.19. The average Bonchev–Trinajstić information content (AvgIpc) is 4.02. The zero-order valence-corrected chi connectivity index (χ0v) is 35.3. The predicted molar refractivity (Wildman–Crippen MR) is 251 cm³/mol. The third-order valence-corrected chi connectivity index (χ3v) is 9.87. The number of nitrogens with one attached hydrogen (secondary N) is 3. The zero-order valence-electron chi connectivity index (χ0n) is 34.6. The van der Waals surface area contributed by atoms with Crippen LogP contribution in [0.2, 0.25) is 5.02 Å². The summed E-state index contributed by atoms with van der Waals surface area (Å²) in [5.41, 5.74) is 15.0. The number of aryl methyl sites for hydroxylation is 2. The highest BCUT2D eigenvalue weighted by atomic mass is 35.5. The maximum absolute atomic E-state index is 13.0. The van der Waals surface area contributed by atoms with Crippen LogP contribution < -0.4 is 31.6 Å². The van der Waals surface area contributed by atoms with Gasteiger partial charge in [0.15, 0.2) is 0 Å². The van der Waals surface area contributed by atoms with Crippen LogP contribution in [0.15, 0.2) is 156 Å². The number of aromatic amines is 2. The number of anilines is 1. The van der Waals surface area contributed by atoms with Gasteiger partial charge in [-0.1, -0.05) is 79.7 Å². The Morgan fingerprint density at radius 3 is 1.60 bits per heavy atom. The Balaban J connectivity index is 0.000000200. The van der Waals surface area contributed by atoms with Gasteiger partial charge in [-0.15, -0.1) is 0 Å². The number of hydrogen-bond donors (Lipinski definition) is 4. The second-order valence-corrected chi connectivity index (χ2v) is 14.2. The van der Waals surface area contributed by atoms with Crippen LogP contribution in [0, 0.1) is 13.8 Å². The molecule has 8 rings (SSSR count). The molecule has 0 aliphatic heterocycles. The van der Waals surface area contributed by atoms with Crippen LogP contribution in [0.1, 0.15) is 43.5 Å².